The van der Waals surface area contributed by atoms with Crippen LogP contribution in [0.1, 0.15) is 10.6 Å². The molecule has 0 aliphatic carbocycles. The van der Waals surface area contributed by atoms with Crippen LogP contribution in [0.3, 0.4) is 0 Å². The smallest absolute Gasteiger partial charge is 0.297 e. The second-order valence-corrected chi connectivity index (χ2v) is 3.14. The van der Waals surface area contributed by atoms with Gasteiger partial charge >= 0.3 is 0 Å². The van der Waals surface area contributed by atoms with E-state index in [4.69, 9.17) is 10.5 Å². The van der Waals surface area contributed by atoms with Crippen molar-refractivity contribution >= 4 is 17.3 Å². The molecule has 8 heteroatoms. The summed E-state index contributed by atoms with van der Waals surface area (Å²) < 4.78 is 5.03. The van der Waals surface area contributed by atoms with Gasteiger partial charge in [-0.2, -0.15) is 5.21 Å². The Labute approximate surface area is 96.2 Å². The number of ether oxygens (including phenoxy) is 1. The van der Waals surface area contributed by atoms with Crippen LogP contribution in [0.2, 0.25) is 0 Å². The van der Waals surface area contributed by atoms with Crippen LogP contribution >= 0.6 is 0 Å². The summed E-state index contributed by atoms with van der Waals surface area (Å²) >= 11 is 0. The van der Waals surface area contributed by atoms with Crippen molar-refractivity contribution in [1.82, 2.24) is 20.6 Å². The van der Waals surface area contributed by atoms with Crippen LogP contribution in [0.4, 0.5) is 11.4 Å². The first kappa shape index (κ1) is 10.9. The number of benzene rings is 1. The minimum atomic E-state index is -0.501. The van der Waals surface area contributed by atoms with E-state index in [1.165, 1.54) is 7.11 Å². The maximum atomic E-state index is 11.6. The molecular formula is C9H10N6O2. The Hall–Kier alpha value is -2.64. The lowest BCUT2D eigenvalue weighted by Gasteiger charge is -2.08. The summed E-state index contributed by atoms with van der Waals surface area (Å²) in [6.45, 7) is 0. The maximum absolute atomic E-state index is 11.6. The number of aromatic amines is 1. The van der Waals surface area contributed by atoms with Gasteiger partial charge in [0.15, 0.2) is 0 Å². The fourth-order valence-corrected chi connectivity index (χ4v) is 1.21. The van der Waals surface area contributed by atoms with Crippen molar-refractivity contribution in [2.45, 2.75) is 0 Å². The number of carbonyl (C=O) groups excluding carboxylic acids is 1. The second kappa shape index (κ2) is 4.47. The molecule has 0 aliphatic rings. The van der Waals surface area contributed by atoms with Crippen molar-refractivity contribution in [1.29, 1.82) is 0 Å². The molecule has 1 heterocycles. The van der Waals surface area contributed by atoms with E-state index in [9.17, 15) is 4.79 Å². The van der Waals surface area contributed by atoms with Crippen molar-refractivity contribution in [3.05, 3.63) is 24.0 Å². The van der Waals surface area contributed by atoms with E-state index in [0.717, 1.165) is 0 Å². The molecule has 0 saturated heterocycles. The molecule has 0 fully saturated rings. The van der Waals surface area contributed by atoms with Gasteiger partial charge in [-0.25, -0.2) is 0 Å². The van der Waals surface area contributed by atoms with Gasteiger partial charge < -0.3 is 15.8 Å². The van der Waals surface area contributed by atoms with Crippen LogP contribution in [0.25, 0.3) is 0 Å². The summed E-state index contributed by atoms with van der Waals surface area (Å²) in [4.78, 5) is 11.6. The maximum Gasteiger partial charge on any atom is 0.297 e. The highest BCUT2D eigenvalue weighted by Gasteiger charge is 2.12. The molecule has 0 atom stereocenters. The number of tetrazole rings is 1. The quantitative estimate of drug-likeness (QED) is 0.645. The highest BCUT2D eigenvalue weighted by Crippen LogP contribution is 2.24. The molecule has 0 spiro atoms. The number of hydrogen-bond donors (Lipinski definition) is 3. The standard InChI is InChI=1S/C9H10N6O2/c1-17-5-2-3-6(10)7(4-5)11-9(16)8-12-14-15-13-8/h2-4H,10H2,1H3,(H,11,16)(H,12,13,14,15). The normalized spacial score (nSPS) is 9.94. The summed E-state index contributed by atoms with van der Waals surface area (Å²) in [5.74, 6) is 0.0218. The summed E-state index contributed by atoms with van der Waals surface area (Å²) in [5.41, 5.74) is 6.56. The highest BCUT2D eigenvalue weighted by molar-refractivity contribution is 6.03. The van der Waals surface area contributed by atoms with Gasteiger partial charge in [0.1, 0.15) is 5.75 Å². The molecule has 17 heavy (non-hydrogen) atoms. The van der Waals surface area contributed by atoms with Gasteiger partial charge in [-0.1, -0.05) is 0 Å². The topological polar surface area (TPSA) is 119 Å². The van der Waals surface area contributed by atoms with Crippen LogP contribution in [0, 0.1) is 0 Å². The van der Waals surface area contributed by atoms with E-state index in [1.807, 2.05) is 0 Å². The van der Waals surface area contributed by atoms with E-state index >= 15 is 0 Å². The van der Waals surface area contributed by atoms with Gasteiger partial charge in [-0.05, 0) is 17.3 Å². The van der Waals surface area contributed by atoms with Crippen LogP contribution in [-0.2, 0) is 0 Å². The van der Waals surface area contributed by atoms with Gasteiger partial charge in [0, 0.05) is 6.07 Å². The predicted octanol–water partition coefficient (Wildman–Crippen LogP) is 0.0428. The first-order valence-electron chi connectivity index (χ1n) is 4.69. The number of anilines is 2. The lowest BCUT2D eigenvalue weighted by molar-refractivity contribution is 0.101. The Balaban J connectivity index is 2.21. The number of rotatable bonds is 3. The molecule has 1 amide bonds. The first-order valence-corrected chi connectivity index (χ1v) is 4.69. The number of carbonyl (C=O) groups is 1. The fourth-order valence-electron chi connectivity index (χ4n) is 1.21. The van der Waals surface area contributed by atoms with E-state index in [1.54, 1.807) is 18.2 Å². The average Bonchev–Trinajstić information content (AvgIpc) is 2.85. The average molecular weight is 234 g/mol. The number of nitrogen functional groups attached to an aromatic ring is 1. The van der Waals surface area contributed by atoms with Gasteiger partial charge in [-0.15, -0.1) is 10.2 Å². The highest BCUT2D eigenvalue weighted by atomic mass is 16.5. The fraction of sp³-hybridized carbons (Fsp3) is 0.111. The third-order valence-corrected chi connectivity index (χ3v) is 2.06. The summed E-state index contributed by atoms with van der Waals surface area (Å²) in [6.07, 6.45) is 0. The monoisotopic (exact) mass is 234 g/mol. The Morgan fingerprint density at radius 3 is 3.00 bits per heavy atom. The predicted molar refractivity (Wildman–Crippen MR) is 59.5 cm³/mol. The Morgan fingerprint density at radius 2 is 2.35 bits per heavy atom. The molecule has 0 unspecified atom stereocenters. The SMILES string of the molecule is COc1ccc(N)c(NC(=O)c2nn[nH]n2)c1. The zero-order valence-electron chi connectivity index (χ0n) is 8.97. The summed E-state index contributed by atoms with van der Waals surface area (Å²) in [7, 11) is 1.52. The lowest BCUT2D eigenvalue weighted by Crippen LogP contribution is -2.15. The molecule has 1 aromatic carbocycles. The summed E-state index contributed by atoms with van der Waals surface area (Å²) in [6, 6.07) is 4.93. The molecule has 2 rings (SSSR count). The number of amides is 1. The third-order valence-electron chi connectivity index (χ3n) is 2.06. The Morgan fingerprint density at radius 1 is 1.53 bits per heavy atom. The van der Waals surface area contributed by atoms with Crippen molar-refractivity contribution in [2.24, 2.45) is 0 Å². The molecule has 2 aromatic rings. The van der Waals surface area contributed by atoms with Crippen molar-refractivity contribution in [3.63, 3.8) is 0 Å². The molecule has 88 valence electrons. The van der Waals surface area contributed by atoms with Crippen LogP contribution in [0.15, 0.2) is 18.2 Å². The molecule has 1 aromatic heterocycles. The lowest BCUT2D eigenvalue weighted by atomic mass is 10.2. The molecule has 0 aliphatic heterocycles. The van der Waals surface area contributed by atoms with Gasteiger partial charge in [0.2, 0.25) is 0 Å². The zero-order valence-corrected chi connectivity index (χ0v) is 8.97. The molecule has 4 N–H and O–H groups in total. The van der Waals surface area contributed by atoms with Crippen LogP contribution < -0.4 is 15.8 Å². The Bertz CT molecular complexity index is 524. The largest absolute Gasteiger partial charge is 0.497 e. The zero-order chi connectivity index (χ0) is 12.3. The van der Waals surface area contributed by atoms with Crippen molar-refractivity contribution in [3.8, 4) is 5.75 Å². The molecule has 0 radical (unpaired) electrons. The number of nitrogens with zero attached hydrogens (tertiary/aromatic N) is 3. The molecular weight excluding hydrogens is 224 g/mol. The minimum Gasteiger partial charge on any atom is -0.497 e. The molecule has 0 bridgehead atoms. The van der Waals surface area contributed by atoms with E-state index < -0.39 is 5.91 Å². The third kappa shape index (κ3) is 2.30. The minimum absolute atomic E-state index is 0.0628. The van der Waals surface area contributed by atoms with E-state index in [-0.39, 0.29) is 5.82 Å². The van der Waals surface area contributed by atoms with Crippen molar-refractivity contribution in [2.75, 3.05) is 18.2 Å². The van der Waals surface area contributed by atoms with Gasteiger partial charge in [-0.3, -0.25) is 4.79 Å². The summed E-state index contributed by atoms with van der Waals surface area (Å²) in [5, 5.41) is 15.1. The number of nitrogens with one attached hydrogen (secondary N) is 2. The number of hydrogen-bond acceptors (Lipinski definition) is 6. The number of H-pyrrole nitrogens is 1. The number of methoxy groups -OCH3 is 1. The van der Waals surface area contributed by atoms with E-state index in [2.05, 4.69) is 25.9 Å². The van der Waals surface area contributed by atoms with Crippen LogP contribution in [-0.4, -0.2) is 33.6 Å². The van der Waals surface area contributed by atoms with Crippen LogP contribution in [0.5, 0.6) is 5.75 Å². The molecule has 0 saturated carbocycles. The molecule has 8 nitrogen and oxygen atoms in total. The van der Waals surface area contributed by atoms with E-state index in [0.29, 0.717) is 17.1 Å². The van der Waals surface area contributed by atoms with Gasteiger partial charge in [0.05, 0.1) is 18.5 Å². The number of aromatic nitrogens is 4. The number of nitrogens with two attached hydrogens (primary N) is 1. The second-order valence-electron chi connectivity index (χ2n) is 3.14. The van der Waals surface area contributed by atoms with Crippen molar-refractivity contribution < 1.29 is 9.53 Å². The first-order chi connectivity index (χ1) is 8.20. The van der Waals surface area contributed by atoms with Gasteiger partial charge in [0.25, 0.3) is 11.7 Å². The Kier molecular flexibility index (Phi) is 2.86.